The Labute approximate surface area is 159 Å². The molecule has 2 saturated carbocycles. The monoisotopic (exact) mass is 366 g/mol. The summed E-state index contributed by atoms with van der Waals surface area (Å²) in [5.41, 5.74) is 4.11. The van der Waals surface area contributed by atoms with E-state index in [1.54, 1.807) is 19.4 Å². The minimum absolute atomic E-state index is 0.284. The number of Topliss-reactive ketones (excluding diaryl/α,β-unsaturated/α-hetero) is 1. The van der Waals surface area contributed by atoms with E-state index in [-0.39, 0.29) is 11.3 Å². The Morgan fingerprint density at radius 1 is 1.30 bits per heavy atom. The highest BCUT2D eigenvalue weighted by Gasteiger charge is 2.55. The summed E-state index contributed by atoms with van der Waals surface area (Å²) in [7, 11) is 0. The molecule has 27 heavy (non-hydrogen) atoms. The van der Waals surface area contributed by atoms with Gasteiger partial charge in [0.05, 0.1) is 17.8 Å². The fraction of sp³-hybridized carbons (Fsp3) is 0.545. The van der Waals surface area contributed by atoms with Gasteiger partial charge in [-0.3, -0.25) is 4.79 Å². The highest BCUT2D eigenvalue weighted by atomic mass is 16.5. The van der Waals surface area contributed by atoms with Gasteiger partial charge in [-0.05, 0) is 70.9 Å². The van der Waals surface area contributed by atoms with E-state index in [1.807, 2.05) is 0 Å². The van der Waals surface area contributed by atoms with E-state index >= 15 is 0 Å². The minimum atomic E-state index is -0.305. The van der Waals surface area contributed by atoms with Gasteiger partial charge in [-0.2, -0.15) is 0 Å². The van der Waals surface area contributed by atoms with Crippen LogP contribution in [0.15, 0.2) is 29.1 Å². The Kier molecular flexibility index (Phi) is 3.81. The summed E-state index contributed by atoms with van der Waals surface area (Å²) in [4.78, 5) is 14.8. The molecular formula is C22H26N2O3. The van der Waals surface area contributed by atoms with Crippen LogP contribution < -0.4 is 9.64 Å². The Hall–Kier alpha value is -2.30. The number of hydrogen-bond acceptors (Lipinski definition) is 5. The molecule has 1 aliphatic heterocycles. The van der Waals surface area contributed by atoms with Gasteiger partial charge in [0.25, 0.3) is 0 Å². The molecule has 142 valence electrons. The van der Waals surface area contributed by atoms with Crippen molar-refractivity contribution in [1.82, 2.24) is 5.16 Å². The molecule has 2 aromatic rings. The summed E-state index contributed by atoms with van der Waals surface area (Å²) in [5.74, 6) is 1.25. The predicted molar refractivity (Wildman–Crippen MR) is 103 cm³/mol. The number of ether oxygens (including phenoxy) is 1. The van der Waals surface area contributed by atoms with E-state index in [2.05, 4.69) is 29.1 Å². The zero-order valence-corrected chi connectivity index (χ0v) is 16.0. The average molecular weight is 366 g/mol. The van der Waals surface area contributed by atoms with E-state index in [4.69, 9.17) is 9.26 Å². The second-order valence-corrected chi connectivity index (χ2v) is 8.37. The van der Waals surface area contributed by atoms with Gasteiger partial charge in [0, 0.05) is 28.4 Å². The van der Waals surface area contributed by atoms with Crippen molar-refractivity contribution < 1.29 is 14.1 Å². The van der Waals surface area contributed by atoms with Crippen molar-refractivity contribution >= 4 is 11.5 Å². The average Bonchev–Trinajstić information content (AvgIpc) is 3.24. The number of carbonyl (C=O) groups excluding carboxylic acids is 1. The van der Waals surface area contributed by atoms with E-state index in [9.17, 15) is 4.79 Å². The van der Waals surface area contributed by atoms with E-state index in [0.29, 0.717) is 12.1 Å². The van der Waals surface area contributed by atoms with Crippen LogP contribution in [-0.2, 0) is 11.2 Å². The standard InChI is InChI=1S/C22H26N2O3/c1-14-6-7-19-20(24(14)22(10-11-22)15(2)25)9-8-18(16-12-23-26-13-16)21(19)27-17-4-3-5-17/h8-9,12-14,17H,3-7,10-11H2,1-2H3/t14-/m0/s1. The van der Waals surface area contributed by atoms with Crippen LogP contribution in [-0.4, -0.2) is 28.6 Å². The van der Waals surface area contributed by atoms with Crippen LogP contribution in [0.3, 0.4) is 0 Å². The SMILES string of the molecule is CC(=O)C1(N2c3ccc(-c4cnoc4)c(OC4CCC4)c3CC[C@@H]2C)CC1. The zero-order valence-electron chi connectivity index (χ0n) is 16.0. The number of anilines is 1. The van der Waals surface area contributed by atoms with Gasteiger partial charge in [-0.15, -0.1) is 0 Å². The number of rotatable bonds is 5. The molecule has 0 amide bonds. The molecule has 5 rings (SSSR count). The summed E-state index contributed by atoms with van der Waals surface area (Å²) in [6, 6.07) is 4.65. The van der Waals surface area contributed by atoms with Crippen LogP contribution in [0.25, 0.3) is 11.1 Å². The fourth-order valence-electron chi connectivity index (χ4n) is 4.69. The van der Waals surface area contributed by atoms with Gasteiger partial charge in [-0.25, -0.2) is 0 Å². The molecule has 0 N–H and O–H groups in total. The van der Waals surface area contributed by atoms with Crippen LogP contribution in [0.5, 0.6) is 5.75 Å². The number of carbonyl (C=O) groups is 1. The lowest BCUT2D eigenvalue weighted by molar-refractivity contribution is -0.119. The van der Waals surface area contributed by atoms with Crippen molar-refractivity contribution in [2.75, 3.05) is 4.90 Å². The van der Waals surface area contributed by atoms with Gasteiger partial charge in [0.1, 0.15) is 12.0 Å². The number of fused-ring (bicyclic) bond motifs is 1. The quantitative estimate of drug-likeness (QED) is 0.778. The summed E-state index contributed by atoms with van der Waals surface area (Å²) in [6.45, 7) is 3.98. The predicted octanol–water partition coefficient (Wildman–Crippen LogP) is 4.54. The zero-order chi connectivity index (χ0) is 18.6. The molecular weight excluding hydrogens is 340 g/mol. The van der Waals surface area contributed by atoms with Crippen molar-refractivity contribution in [1.29, 1.82) is 0 Å². The largest absolute Gasteiger partial charge is 0.489 e. The smallest absolute Gasteiger partial charge is 0.155 e. The number of nitrogens with zero attached hydrogens (tertiary/aromatic N) is 2. The number of hydrogen-bond donors (Lipinski definition) is 0. The second kappa shape index (κ2) is 6.11. The van der Waals surface area contributed by atoms with Crippen molar-refractivity contribution in [2.24, 2.45) is 0 Å². The van der Waals surface area contributed by atoms with Gasteiger partial charge in [-0.1, -0.05) is 5.16 Å². The fourth-order valence-corrected chi connectivity index (χ4v) is 4.69. The van der Waals surface area contributed by atoms with Gasteiger partial charge >= 0.3 is 0 Å². The highest BCUT2D eigenvalue weighted by Crippen LogP contribution is 2.52. The number of ketones is 1. The lowest BCUT2D eigenvalue weighted by Crippen LogP contribution is -2.50. The van der Waals surface area contributed by atoms with Gasteiger partial charge in [0.2, 0.25) is 0 Å². The number of aromatic nitrogens is 1. The van der Waals surface area contributed by atoms with Crippen molar-refractivity contribution in [3.05, 3.63) is 30.2 Å². The molecule has 0 bridgehead atoms. The molecule has 2 aliphatic carbocycles. The summed E-state index contributed by atoms with van der Waals surface area (Å²) in [6.07, 6.45) is 11.1. The maximum absolute atomic E-state index is 12.5. The summed E-state index contributed by atoms with van der Waals surface area (Å²) in [5, 5.41) is 3.88. The Morgan fingerprint density at radius 3 is 2.70 bits per heavy atom. The molecule has 1 aromatic carbocycles. The van der Waals surface area contributed by atoms with Crippen molar-refractivity contribution in [2.45, 2.75) is 76.5 Å². The second-order valence-electron chi connectivity index (χ2n) is 8.37. The van der Waals surface area contributed by atoms with Crippen LogP contribution in [0.2, 0.25) is 0 Å². The lowest BCUT2D eigenvalue weighted by Gasteiger charge is -2.43. The molecule has 2 fully saturated rings. The highest BCUT2D eigenvalue weighted by molar-refractivity contribution is 5.94. The third-order valence-electron chi connectivity index (χ3n) is 6.67. The molecule has 1 aromatic heterocycles. The van der Waals surface area contributed by atoms with E-state index < -0.39 is 0 Å². The van der Waals surface area contributed by atoms with E-state index in [0.717, 1.165) is 55.4 Å². The maximum atomic E-state index is 12.5. The van der Waals surface area contributed by atoms with Crippen LogP contribution in [0.1, 0.15) is 57.9 Å². The Bertz CT molecular complexity index is 866. The topological polar surface area (TPSA) is 55.6 Å². The van der Waals surface area contributed by atoms with Crippen LogP contribution in [0.4, 0.5) is 5.69 Å². The van der Waals surface area contributed by atoms with Crippen molar-refractivity contribution in [3.8, 4) is 16.9 Å². The third-order valence-corrected chi connectivity index (χ3v) is 6.67. The molecule has 5 nitrogen and oxygen atoms in total. The molecule has 1 atom stereocenters. The van der Waals surface area contributed by atoms with Gasteiger partial charge < -0.3 is 14.2 Å². The van der Waals surface area contributed by atoms with Crippen LogP contribution in [0, 0.1) is 0 Å². The number of benzene rings is 1. The molecule has 0 unspecified atom stereocenters. The van der Waals surface area contributed by atoms with Crippen molar-refractivity contribution in [3.63, 3.8) is 0 Å². The first-order valence-electron chi connectivity index (χ1n) is 10.1. The molecule has 0 radical (unpaired) electrons. The lowest BCUT2D eigenvalue weighted by atomic mass is 9.89. The molecule has 0 saturated heterocycles. The molecule has 0 spiro atoms. The maximum Gasteiger partial charge on any atom is 0.155 e. The molecule has 3 aliphatic rings. The summed E-state index contributed by atoms with van der Waals surface area (Å²) >= 11 is 0. The first kappa shape index (κ1) is 16.8. The molecule has 5 heteroatoms. The van der Waals surface area contributed by atoms with Crippen LogP contribution >= 0.6 is 0 Å². The third kappa shape index (κ3) is 2.59. The first-order valence-corrected chi connectivity index (χ1v) is 10.1. The Morgan fingerprint density at radius 2 is 2.11 bits per heavy atom. The Balaban J connectivity index is 1.64. The van der Waals surface area contributed by atoms with Gasteiger partial charge in [0.15, 0.2) is 5.78 Å². The molecule has 2 heterocycles. The normalized spacial score (nSPS) is 23.5. The summed E-state index contributed by atoms with van der Waals surface area (Å²) < 4.78 is 11.6. The van der Waals surface area contributed by atoms with E-state index in [1.165, 1.54) is 17.7 Å². The minimum Gasteiger partial charge on any atom is -0.489 e. The first-order chi connectivity index (χ1) is 13.1.